The van der Waals surface area contributed by atoms with Crippen LogP contribution >= 0.6 is 0 Å². The van der Waals surface area contributed by atoms with E-state index in [0.717, 1.165) is 0 Å². The van der Waals surface area contributed by atoms with Crippen LogP contribution in [0.4, 0.5) is 0 Å². The molecule has 8 atom stereocenters. The number of carbonyl (C=O) groups excluding carboxylic acids is 4. The van der Waals surface area contributed by atoms with E-state index in [1.54, 1.807) is 30.3 Å². The molecule has 5 rings (SSSR count). The Morgan fingerprint density at radius 1 is 0.805 bits per heavy atom. The molecule has 2 saturated carbocycles. The molecule has 3 aliphatic rings. The third-order valence-electron chi connectivity index (χ3n) is 9.20. The minimum Gasteiger partial charge on any atom is -0.472 e. The lowest BCUT2D eigenvalue weighted by Gasteiger charge is -2.62. The molecule has 0 radical (unpaired) electrons. The molecule has 3 fully saturated rings. The highest BCUT2D eigenvalue weighted by Gasteiger charge is 2.80. The third-order valence-corrected chi connectivity index (χ3v) is 9.20. The van der Waals surface area contributed by atoms with Gasteiger partial charge in [0, 0.05) is 19.8 Å². The van der Waals surface area contributed by atoms with Crippen LogP contribution in [0.1, 0.15) is 75.1 Å². The summed E-state index contributed by atoms with van der Waals surface area (Å²) in [4.78, 5) is 51.5. The molecule has 1 aromatic carbocycles. The smallest absolute Gasteiger partial charge is 0.341 e. The van der Waals surface area contributed by atoms with E-state index in [1.807, 2.05) is 27.7 Å². The first-order valence-electron chi connectivity index (χ1n) is 13.8. The number of carbonyl (C=O) groups is 4. The number of hydrogen-bond donors (Lipinski definition) is 0. The summed E-state index contributed by atoms with van der Waals surface area (Å²) in [6.07, 6.45) is -0.383. The number of fused-ring (bicyclic) bond motifs is 1. The molecule has 0 amide bonds. The van der Waals surface area contributed by atoms with Crippen LogP contribution in [0.2, 0.25) is 0 Å². The van der Waals surface area contributed by atoms with Crippen LogP contribution in [-0.4, -0.2) is 59.5 Å². The molecule has 0 N–H and O–H groups in total. The molecule has 2 aromatic rings. The fourth-order valence-electron chi connectivity index (χ4n) is 7.51. The van der Waals surface area contributed by atoms with Crippen molar-refractivity contribution in [2.75, 3.05) is 0 Å². The number of benzene rings is 1. The summed E-state index contributed by atoms with van der Waals surface area (Å²) in [5.41, 5.74) is -2.80. The minimum absolute atomic E-state index is 0.241. The predicted molar refractivity (Wildman–Crippen MR) is 143 cm³/mol. The fourth-order valence-corrected chi connectivity index (χ4v) is 7.51. The Kier molecular flexibility index (Phi) is 7.26. The standard InChI is InChI=1S/C31H36O10/c1-17-14-23(37-18(2)32)26(38-19(3)33)30(6)24(39-27(34)20-10-8-7-9-11-20)15-22-25(31(17,30)41-29(22,4)5)40-28(35)21-12-13-36-16-21/h7-13,16-17,22-26H,14-15H2,1-6H3/t17-,22-,23+,24+,25-,26+,30-,31-/m1/s1. The molecule has 2 bridgehead atoms. The maximum Gasteiger partial charge on any atom is 0.341 e. The maximum absolute atomic E-state index is 13.5. The van der Waals surface area contributed by atoms with Gasteiger partial charge in [0.25, 0.3) is 0 Å². The van der Waals surface area contributed by atoms with Gasteiger partial charge >= 0.3 is 23.9 Å². The third kappa shape index (κ3) is 4.62. The fraction of sp³-hybridized carbons (Fsp3) is 0.548. The van der Waals surface area contributed by atoms with Gasteiger partial charge in [-0.25, -0.2) is 9.59 Å². The van der Waals surface area contributed by atoms with Gasteiger partial charge in [0.1, 0.15) is 30.2 Å². The zero-order valence-electron chi connectivity index (χ0n) is 24.1. The minimum atomic E-state index is -1.30. The quantitative estimate of drug-likeness (QED) is 0.363. The number of ether oxygens (including phenoxy) is 5. The van der Waals surface area contributed by atoms with E-state index in [0.29, 0.717) is 5.56 Å². The number of furan rings is 1. The van der Waals surface area contributed by atoms with Crippen molar-refractivity contribution in [1.82, 2.24) is 0 Å². The van der Waals surface area contributed by atoms with Crippen molar-refractivity contribution in [3.05, 3.63) is 60.1 Å². The predicted octanol–water partition coefficient (Wildman–Crippen LogP) is 4.51. The Balaban J connectivity index is 1.66. The molecule has 1 aromatic heterocycles. The van der Waals surface area contributed by atoms with Crippen LogP contribution in [0.15, 0.2) is 53.3 Å². The van der Waals surface area contributed by atoms with Crippen LogP contribution in [0, 0.1) is 17.3 Å². The summed E-state index contributed by atoms with van der Waals surface area (Å²) in [5, 5.41) is 0. The summed E-state index contributed by atoms with van der Waals surface area (Å²) in [6, 6.07) is 10.1. The summed E-state index contributed by atoms with van der Waals surface area (Å²) in [6.45, 7) is 10.1. The van der Waals surface area contributed by atoms with E-state index < -0.39 is 64.9 Å². The number of hydrogen-bond acceptors (Lipinski definition) is 10. The molecule has 220 valence electrons. The summed E-state index contributed by atoms with van der Waals surface area (Å²) >= 11 is 0. The number of esters is 4. The summed E-state index contributed by atoms with van der Waals surface area (Å²) in [5.74, 6) is -3.05. The Morgan fingerprint density at radius 3 is 2.07 bits per heavy atom. The Bertz CT molecular complexity index is 1320. The van der Waals surface area contributed by atoms with Crippen molar-refractivity contribution in [3.8, 4) is 0 Å². The first kappa shape index (κ1) is 28.9. The van der Waals surface area contributed by atoms with E-state index in [-0.39, 0.29) is 30.2 Å². The van der Waals surface area contributed by atoms with Crippen molar-refractivity contribution in [2.24, 2.45) is 17.3 Å². The van der Waals surface area contributed by atoms with Crippen molar-refractivity contribution < 1.29 is 47.3 Å². The van der Waals surface area contributed by atoms with Gasteiger partial charge in [-0.2, -0.15) is 0 Å². The molecule has 41 heavy (non-hydrogen) atoms. The molecule has 1 aliphatic heterocycles. The SMILES string of the molecule is CC(=O)O[C@H]1C[C@@H](C)[C@]23OC(C)(C)[C@H](C[C@H](OC(=O)c4ccccc4)[C@]2(C)[C@H]1OC(C)=O)[C@H]3OC(=O)c1ccoc1. The van der Waals surface area contributed by atoms with Gasteiger partial charge in [-0.1, -0.05) is 25.1 Å². The van der Waals surface area contributed by atoms with Crippen LogP contribution in [0.25, 0.3) is 0 Å². The lowest BCUT2D eigenvalue weighted by Crippen LogP contribution is -2.76. The van der Waals surface area contributed by atoms with Gasteiger partial charge in [0.2, 0.25) is 0 Å². The zero-order chi connectivity index (χ0) is 29.7. The van der Waals surface area contributed by atoms with E-state index >= 15 is 0 Å². The molecular weight excluding hydrogens is 532 g/mol. The lowest BCUT2D eigenvalue weighted by atomic mass is 9.48. The van der Waals surface area contributed by atoms with Gasteiger partial charge in [0.05, 0.1) is 28.4 Å². The lowest BCUT2D eigenvalue weighted by molar-refractivity contribution is -0.302. The topological polar surface area (TPSA) is 128 Å². The summed E-state index contributed by atoms with van der Waals surface area (Å²) in [7, 11) is 0. The van der Waals surface area contributed by atoms with Gasteiger partial charge < -0.3 is 28.1 Å². The van der Waals surface area contributed by atoms with E-state index in [9.17, 15) is 19.2 Å². The first-order chi connectivity index (χ1) is 19.3. The highest BCUT2D eigenvalue weighted by atomic mass is 16.6. The Morgan fingerprint density at radius 2 is 1.46 bits per heavy atom. The van der Waals surface area contributed by atoms with Crippen LogP contribution < -0.4 is 0 Å². The average Bonchev–Trinajstić information content (AvgIpc) is 3.50. The van der Waals surface area contributed by atoms with E-state index in [4.69, 9.17) is 28.1 Å². The maximum atomic E-state index is 13.5. The highest BCUT2D eigenvalue weighted by Crippen LogP contribution is 2.68. The second kappa shape index (κ2) is 10.3. The van der Waals surface area contributed by atoms with Gasteiger partial charge in [-0.3, -0.25) is 9.59 Å². The van der Waals surface area contributed by atoms with Crippen molar-refractivity contribution in [3.63, 3.8) is 0 Å². The molecule has 0 unspecified atom stereocenters. The molecule has 2 heterocycles. The normalized spacial score (nSPS) is 35.1. The molecule has 10 nitrogen and oxygen atoms in total. The van der Waals surface area contributed by atoms with Crippen LogP contribution in [0.3, 0.4) is 0 Å². The molecule has 1 saturated heterocycles. The van der Waals surface area contributed by atoms with Crippen molar-refractivity contribution in [1.29, 1.82) is 0 Å². The van der Waals surface area contributed by atoms with Gasteiger partial charge in [-0.15, -0.1) is 0 Å². The van der Waals surface area contributed by atoms with E-state index in [1.165, 1.54) is 32.4 Å². The van der Waals surface area contributed by atoms with E-state index in [2.05, 4.69) is 0 Å². The largest absolute Gasteiger partial charge is 0.472 e. The monoisotopic (exact) mass is 568 g/mol. The highest BCUT2D eigenvalue weighted by molar-refractivity contribution is 5.90. The molecular formula is C31H36O10. The van der Waals surface area contributed by atoms with Crippen LogP contribution in [-0.2, 0) is 33.3 Å². The van der Waals surface area contributed by atoms with Crippen LogP contribution in [0.5, 0.6) is 0 Å². The molecule has 10 heteroatoms. The second-order valence-corrected chi connectivity index (χ2v) is 12.0. The zero-order valence-corrected chi connectivity index (χ0v) is 24.1. The molecule has 2 aliphatic carbocycles. The van der Waals surface area contributed by atoms with Crippen molar-refractivity contribution in [2.45, 2.75) is 90.0 Å². The Labute approximate surface area is 238 Å². The average molecular weight is 569 g/mol. The Hall–Kier alpha value is -3.66. The number of rotatable bonds is 6. The van der Waals surface area contributed by atoms with Gasteiger partial charge in [-0.05, 0) is 57.7 Å². The summed E-state index contributed by atoms with van der Waals surface area (Å²) < 4.78 is 36.2. The van der Waals surface area contributed by atoms with Gasteiger partial charge in [0.15, 0.2) is 6.10 Å². The molecule has 1 spiro atoms. The first-order valence-corrected chi connectivity index (χ1v) is 13.8. The second-order valence-electron chi connectivity index (χ2n) is 12.0. The van der Waals surface area contributed by atoms with Crippen molar-refractivity contribution >= 4 is 23.9 Å².